The number of rotatable bonds is 1. The minimum atomic E-state index is -0.355. The summed E-state index contributed by atoms with van der Waals surface area (Å²) in [7, 11) is 0. The van der Waals surface area contributed by atoms with Crippen LogP contribution < -0.4 is 0 Å². The summed E-state index contributed by atoms with van der Waals surface area (Å²) < 4.78 is 6.99. The molecule has 0 fully saturated rings. The van der Waals surface area contributed by atoms with Crippen LogP contribution in [0.5, 0.6) is 0 Å². The van der Waals surface area contributed by atoms with Gasteiger partial charge in [0.15, 0.2) is 0 Å². The van der Waals surface area contributed by atoms with E-state index in [4.69, 9.17) is 4.42 Å². The topological polar surface area (TPSA) is 33.4 Å². The van der Waals surface area contributed by atoms with E-state index in [1.54, 1.807) is 0 Å². The number of fused-ring (bicyclic) bond motifs is 1. The molecule has 1 N–H and O–H groups in total. The molecule has 1 aromatic heterocycles. The summed E-state index contributed by atoms with van der Waals surface area (Å²) in [5, 5.41) is 10.0. The summed E-state index contributed by atoms with van der Waals surface area (Å²) in [5.41, 5.74) is 2.09. The molecule has 0 radical (unpaired) electrons. The Morgan fingerprint density at radius 2 is 2.00 bits per heavy atom. The van der Waals surface area contributed by atoms with E-state index in [1.165, 1.54) is 0 Å². The Morgan fingerprint density at radius 3 is 2.71 bits per heavy atom. The predicted octanol–water partition coefficient (Wildman–Crippen LogP) is 3.92. The lowest BCUT2D eigenvalue weighted by atomic mass is 9.95. The second kappa shape index (κ2) is 4.46. The van der Waals surface area contributed by atoms with E-state index >= 15 is 0 Å². The number of hydrogen-bond donors (Lipinski definition) is 1. The van der Waals surface area contributed by atoms with Crippen molar-refractivity contribution in [3.05, 3.63) is 45.2 Å². The van der Waals surface area contributed by atoms with Crippen LogP contribution in [-0.2, 0) is 6.42 Å². The summed E-state index contributed by atoms with van der Waals surface area (Å²) in [6, 6.07) is 10.1. The number of benzene rings is 1. The van der Waals surface area contributed by atoms with Crippen molar-refractivity contribution in [1.29, 1.82) is 0 Å². The van der Waals surface area contributed by atoms with Crippen LogP contribution in [0.25, 0.3) is 11.3 Å². The van der Waals surface area contributed by atoms with Gasteiger partial charge in [-0.1, -0.05) is 30.3 Å². The van der Waals surface area contributed by atoms with E-state index in [0.29, 0.717) is 0 Å². The molecular weight excluding hydrogens is 327 g/mol. The lowest BCUT2D eigenvalue weighted by Crippen LogP contribution is -2.07. The van der Waals surface area contributed by atoms with Crippen LogP contribution in [-0.4, -0.2) is 5.11 Å². The molecule has 3 heteroatoms. The highest BCUT2D eigenvalue weighted by molar-refractivity contribution is 14.1. The first-order valence-electron chi connectivity index (χ1n) is 5.82. The molecule has 0 saturated heterocycles. The monoisotopic (exact) mass is 340 g/mol. The van der Waals surface area contributed by atoms with Crippen LogP contribution in [0.4, 0.5) is 0 Å². The molecule has 0 saturated carbocycles. The number of halogens is 1. The third-order valence-corrected chi connectivity index (χ3v) is 4.28. The Balaban J connectivity index is 2.14. The molecule has 88 valence electrons. The van der Waals surface area contributed by atoms with Gasteiger partial charge in [0, 0.05) is 17.5 Å². The van der Waals surface area contributed by atoms with E-state index in [9.17, 15) is 5.11 Å². The number of aryl methyl sites for hydroxylation is 1. The smallest absolute Gasteiger partial charge is 0.147 e. The molecule has 1 heterocycles. The largest absolute Gasteiger partial charge is 0.460 e. The fourth-order valence-corrected chi connectivity index (χ4v) is 3.44. The second-order valence-electron chi connectivity index (χ2n) is 4.36. The Hall–Kier alpha value is -0.810. The van der Waals surface area contributed by atoms with Gasteiger partial charge in [0.2, 0.25) is 0 Å². The lowest BCUT2D eigenvalue weighted by Gasteiger charge is -2.16. The Bertz CT molecular complexity index is 531. The standard InChI is InChI=1S/C14H13IO2/c15-13-12-10(16)7-4-8-11(12)17-14(13)9-5-2-1-3-6-9/h1-3,5-6,10,16H,4,7-8H2/t10-/m0/s1. The van der Waals surface area contributed by atoms with Gasteiger partial charge in [0.25, 0.3) is 0 Å². The Labute approximate surface area is 114 Å². The third kappa shape index (κ3) is 1.91. The molecule has 17 heavy (non-hydrogen) atoms. The zero-order chi connectivity index (χ0) is 11.8. The lowest BCUT2D eigenvalue weighted by molar-refractivity contribution is 0.152. The molecule has 1 aromatic carbocycles. The maximum absolute atomic E-state index is 10.0. The van der Waals surface area contributed by atoms with E-state index in [0.717, 1.165) is 45.5 Å². The molecule has 0 unspecified atom stereocenters. The molecule has 1 atom stereocenters. The van der Waals surface area contributed by atoms with Gasteiger partial charge < -0.3 is 9.52 Å². The van der Waals surface area contributed by atoms with Gasteiger partial charge in [-0.2, -0.15) is 0 Å². The quantitative estimate of drug-likeness (QED) is 0.799. The normalized spacial score (nSPS) is 19.1. The first kappa shape index (κ1) is 11.3. The van der Waals surface area contributed by atoms with Crippen molar-refractivity contribution in [2.24, 2.45) is 0 Å². The zero-order valence-electron chi connectivity index (χ0n) is 9.32. The molecule has 0 aliphatic heterocycles. The van der Waals surface area contributed by atoms with Crippen LogP contribution in [0, 0.1) is 3.57 Å². The molecule has 0 spiro atoms. The number of furan rings is 1. The number of hydrogen-bond acceptors (Lipinski definition) is 2. The third-order valence-electron chi connectivity index (χ3n) is 3.21. The second-order valence-corrected chi connectivity index (χ2v) is 5.43. The van der Waals surface area contributed by atoms with Crippen LogP contribution >= 0.6 is 22.6 Å². The average molecular weight is 340 g/mol. The van der Waals surface area contributed by atoms with Gasteiger partial charge in [0.05, 0.1) is 9.67 Å². The highest BCUT2D eigenvalue weighted by Crippen LogP contribution is 2.40. The Kier molecular flexibility index (Phi) is 2.96. The van der Waals surface area contributed by atoms with Gasteiger partial charge in [-0.15, -0.1) is 0 Å². The van der Waals surface area contributed by atoms with Gasteiger partial charge in [0.1, 0.15) is 11.5 Å². The van der Waals surface area contributed by atoms with Crippen LogP contribution in [0.1, 0.15) is 30.3 Å². The van der Waals surface area contributed by atoms with Crippen LogP contribution in [0.3, 0.4) is 0 Å². The minimum absolute atomic E-state index is 0.355. The molecule has 0 amide bonds. The first-order valence-corrected chi connectivity index (χ1v) is 6.90. The van der Waals surface area contributed by atoms with Crippen molar-refractivity contribution in [1.82, 2.24) is 0 Å². The summed E-state index contributed by atoms with van der Waals surface area (Å²) >= 11 is 2.28. The maximum atomic E-state index is 10.0. The fraction of sp³-hybridized carbons (Fsp3) is 0.286. The Morgan fingerprint density at radius 1 is 1.24 bits per heavy atom. The first-order chi connectivity index (χ1) is 8.27. The average Bonchev–Trinajstić information content (AvgIpc) is 2.69. The highest BCUT2D eigenvalue weighted by Gasteiger charge is 2.27. The molecule has 1 aliphatic carbocycles. The van der Waals surface area contributed by atoms with Crippen molar-refractivity contribution in [2.45, 2.75) is 25.4 Å². The van der Waals surface area contributed by atoms with Gasteiger partial charge >= 0.3 is 0 Å². The van der Waals surface area contributed by atoms with Crippen molar-refractivity contribution >= 4 is 22.6 Å². The van der Waals surface area contributed by atoms with Gasteiger partial charge in [-0.3, -0.25) is 0 Å². The molecule has 1 aliphatic rings. The molecule has 2 nitrogen and oxygen atoms in total. The minimum Gasteiger partial charge on any atom is -0.460 e. The van der Waals surface area contributed by atoms with Crippen molar-refractivity contribution in [3.8, 4) is 11.3 Å². The SMILES string of the molecule is O[C@H]1CCCc2oc(-c3ccccc3)c(I)c21. The van der Waals surface area contributed by atoms with Crippen molar-refractivity contribution in [3.63, 3.8) is 0 Å². The number of aliphatic hydroxyl groups excluding tert-OH is 1. The van der Waals surface area contributed by atoms with E-state index < -0.39 is 0 Å². The highest BCUT2D eigenvalue weighted by atomic mass is 127. The van der Waals surface area contributed by atoms with E-state index in [2.05, 4.69) is 22.6 Å². The summed E-state index contributed by atoms with van der Waals surface area (Å²) in [4.78, 5) is 0. The summed E-state index contributed by atoms with van der Waals surface area (Å²) in [5.74, 6) is 1.86. The summed E-state index contributed by atoms with van der Waals surface area (Å²) in [6.45, 7) is 0. The fourth-order valence-electron chi connectivity index (χ4n) is 2.36. The van der Waals surface area contributed by atoms with Crippen LogP contribution in [0.2, 0.25) is 0 Å². The summed E-state index contributed by atoms with van der Waals surface area (Å²) in [6.07, 6.45) is 2.43. The van der Waals surface area contributed by atoms with Gasteiger partial charge in [-0.05, 0) is 35.4 Å². The van der Waals surface area contributed by atoms with Crippen molar-refractivity contribution < 1.29 is 9.52 Å². The van der Waals surface area contributed by atoms with Gasteiger partial charge in [-0.25, -0.2) is 0 Å². The molecule has 3 rings (SSSR count). The number of aliphatic hydroxyl groups is 1. The van der Waals surface area contributed by atoms with E-state index in [1.807, 2.05) is 30.3 Å². The predicted molar refractivity (Wildman–Crippen MR) is 74.8 cm³/mol. The zero-order valence-corrected chi connectivity index (χ0v) is 11.5. The van der Waals surface area contributed by atoms with E-state index in [-0.39, 0.29) is 6.10 Å². The maximum Gasteiger partial charge on any atom is 0.147 e. The molecule has 0 bridgehead atoms. The van der Waals surface area contributed by atoms with Crippen LogP contribution in [0.15, 0.2) is 34.7 Å². The molecular formula is C14H13IO2. The molecule has 2 aromatic rings. The van der Waals surface area contributed by atoms with Crippen molar-refractivity contribution in [2.75, 3.05) is 0 Å².